The summed E-state index contributed by atoms with van der Waals surface area (Å²) in [6.45, 7) is 3.61. The van der Waals surface area contributed by atoms with Crippen LogP contribution < -0.4 is 0 Å². The van der Waals surface area contributed by atoms with E-state index in [2.05, 4.69) is 6.58 Å². The van der Waals surface area contributed by atoms with Crippen molar-refractivity contribution in [2.45, 2.75) is 12.7 Å². The van der Waals surface area contributed by atoms with Gasteiger partial charge in [-0.05, 0) is 24.3 Å². The molecule has 0 radical (unpaired) electrons. The van der Waals surface area contributed by atoms with E-state index in [1.807, 2.05) is 0 Å². The molecule has 0 unspecified atom stereocenters. The molecule has 0 aliphatic rings. The van der Waals surface area contributed by atoms with Crippen LogP contribution in [0.25, 0.3) is 10.9 Å². The van der Waals surface area contributed by atoms with Crippen molar-refractivity contribution >= 4 is 10.9 Å². The first kappa shape index (κ1) is 9.90. The molecule has 78 valence electrons. The van der Waals surface area contributed by atoms with E-state index in [0.717, 1.165) is 10.9 Å². The molecule has 1 aromatic carbocycles. The minimum atomic E-state index is -1.08. The highest BCUT2D eigenvalue weighted by Crippen LogP contribution is 2.17. The number of halogens is 2. The first-order valence-electron chi connectivity index (χ1n) is 4.72. The van der Waals surface area contributed by atoms with E-state index in [1.54, 1.807) is 22.9 Å². The number of benzene rings is 1. The minimum absolute atomic E-state index is 0.221. The lowest BCUT2D eigenvalue weighted by Crippen LogP contribution is -2.07. The largest absolute Gasteiger partial charge is 0.344 e. The van der Waals surface area contributed by atoms with Gasteiger partial charge in [0.05, 0.1) is 6.54 Å². The molecule has 0 saturated heterocycles. The van der Waals surface area contributed by atoms with Crippen molar-refractivity contribution in [2.24, 2.45) is 0 Å². The van der Waals surface area contributed by atoms with Crippen molar-refractivity contribution in [2.75, 3.05) is 0 Å². The molecule has 1 heterocycles. The average Bonchev–Trinajstić information content (AvgIpc) is 2.60. The van der Waals surface area contributed by atoms with Gasteiger partial charge in [0.2, 0.25) is 0 Å². The first-order chi connectivity index (χ1) is 7.20. The number of nitrogens with zero attached hydrogens (tertiary/aromatic N) is 1. The van der Waals surface area contributed by atoms with E-state index >= 15 is 0 Å². The Hall–Kier alpha value is -1.64. The van der Waals surface area contributed by atoms with E-state index < -0.39 is 6.17 Å². The number of rotatable bonds is 3. The molecule has 0 aliphatic heterocycles. The average molecular weight is 207 g/mol. The van der Waals surface area contributed by atoms with E-state index in [4.69, 9.17) is 0 Å². The fraction of sp³-hybridized carbons (Fsp3) is 0.167. The van der Waals surface area contributed by atoms with Crippen LogP contribution in [0.15, 0.2) is 43.1 Å². The van der Waals surface area contributed by atoms with E-state index in [1.165, 1.54) is 18.2 Å². The molecule has 3 heteroatoms. The fourth-order valence-corrected chi connectivity index (χ4v) is 1.59. The molecule has 2 rings (SSSR count). The first-order valence-corrected chi connectivity index (χ1v) is 4.72. The zero-order chi connectivity index (χ0) is 10.8. The van der Waals surface area contributed by atoms with Gasteiger partial charge in [0, 0.05) is 17.1 Å². The highest BCUT2D eigenvalue weighted by Gasteiger charge is 2.06. The van der Waals surface area contributed by atoms with Gasteiger partial charge < -0.3 is 4.57 Å². The van der Waals surface area contributed by atoms with Crippen molar-refractivity contribution in [3.8, 4) is 0 Å². The third-order valence-electron chi connectivity index (χ3n) is 2.36. The number of fused-ring (bicyclic) bond motifs is 1. The second-order valence-corrected chi connectivity index (χ2v) is 3.42. The van der Waals surface area contributed by atoms with Gasteiger partial charge in [-0.15, -0.1) is 6.58 Å². The van der Waals surface area contributed by atoms with Crippen LogP contribution in [-0.4, -0.2) is 10.7 Å². The van der Waals surface area contributed by atoms with E-state index in [9.17, 15) is 8.78 Å². The summed E-state index contributed by atoms with van der Waals surface area (Å²) in [7, 11) is 0. The Labute approximate surface area is 86.6 Å². The summed E-state index contributed by atoms with van der Waals surface area (Å²) in [6, 6.07) is 6.24. The van der Waals surface area contributed by atoms with Gasteiger partial charge in [0.15, 0.2) is 0 Å². The third-order valence-corrected chi connectivity index (χ3v) is 2.36. The Morgan fingerprint density at radius 3 is 2.93 bits per heavy atom. The quantitative estimate of drug-likeness (QED) is 0.680. The molecule has 0 amide bonds. The minimum Gasteiger partial charge on any atom is -0.344 e. The lowest BCUT2D eigenvalue weighted by Gasteiger charge is -2.06. The normalized spacial score (nSPS) is 12.9. The van der Waals surface area contributed by atoms with Crippen LogP contribution in [0.5, 0.6) is 0 Å². The van der Waals surface area contributed by atoms with Crippen LogP contribution in [0.1, 0.15) is 0 Å². The highest BCUT2D eigenvalue weighted by atomic mass is 19.1. The zero-order valence-corrected chi connectivity index (χ0v) is 8.16. The predicted molar refractivity (Wildman–Crippen MR) is 57.0 cm³/mol. The second kappa shape index (κ2) is 3.85. The zero-order valence-electron chi connectivity index (χ0n) is 8.16. The maximum Gasteiger partial charge on any atom is 0.136 e. The molecule has 0 aliphatic carbocycles. The lowest BCUT2D eigenvalue weighted by molar-refractivity contribution is 0.360. The molecule has 1 aromatic heterocycles. The van der Waals surface area contributed by atoms with E-state index in [0.29, 0.717) is 0 Å². The number of hydrogen-bond donors (Lipinski definition) is 0. The van der Waals surface area contributed by atoms with Crippen molar-refractivity contribution in [3.63, 3.8) is 0 Å². The third kappa shape index (κ3) is 1.91. The Morgan fingerprint density at radius 1 is 1.40 bits per heavy atom. The number of allylic oxidation sites excluding steroid dienone is 1. The lowest BCUT2D eigenvalue weighted by atomic mass is 10.2. The maximum absolute atomic E-state index is 13.1. The van der Waals surface area contributed by atoms with Gasteiger partial charge in [-0.1, -0.05) is 6.08 Å². The Morgan fingerprint density at radius 2 is 2.20 bits per heavy atom. The Kier molecular flexibility index (Phi) is 2.54. The summed E-state index contributed by atoms with van der Waals surface area (Å²) in [5.41, 5.74) is 0.834. The number of hydrogen-bond acceptors (Lipinski definition) is 0. The summed E-state index contributed by atoms with van der Waals surface area (Å²) in [4.78, 5) is 0. The molecule has 0 N–H and O–H groups in total. The van der Waals surface area contributed by atoms with Crippen LogP contribution in [0.3, 0.4) is 0 Å². The summed E-state index contributed by atoms with van der Waals surface area (Å²) >= 11 is 0. The van der Waals surface area contributed by atoms with Gasteiger partial charge in [0.25, 0.3) is 0 Å². The van der Waals surface area contributed by atoms with Gasteiger partial charge in [-0.2, -0.15) is 0 Å². The molecule has 0 fully saturated rings. The molecule has 0 bridgehead atoms. The Balaban J connectivity index is 2.40. The monoisotopic (exact) mass is 207 g/mol. The van der Waals surface area contributed by atoms with Crippen molar-refractivity contribution < 1.29 is 8.78 Å². The van der Waals surface area contributed by atoms with Crippen LogP contribution in [0.4, 0.5) is 8.78 Å². The van der Waals surface area contributed by atoms with Crippen LogP contribution in [-0.2, 0) is 6.54 Å². The maximum atomic E-state index is 13.1. The topological polar surface area (TPSA) is 4.93 Å². The molecule has 1 nitrogen and oxygen atoms in total. The van der Waals surface area contributed by atoms with Gasteiger partial charge in [-0.3, -0.25) is 0 Å². The molecule has 1 atom stereocenters. The van der Waals surface area contributed by atoms with Gasteiger partial charge >= 0.3 is 0 Å². The molecule has 15 heavy (non-hydrogen) atoms. The summed E-state index contributed by atoms with van der Waals surface area (Å²) in [6.07, 6.45) is 1.93. The standard InChI is InChI=1S/C12H11F2N/c1-2-10(13)8-15-6-5-9-7-11(14)3-4-12(9)15/h2-7,10H,1,8H2/t10-/m1/s1. The van der Waals surface area contributed by atoms with Crippen LogP contribution in [0.2, 0.25) is 0 Å². The fourth-order valence-electron chi connectivity index (χ4n) is 1.59. The van der Waals surface area contributed by atoms with Crippen molar-refractivity contribution in [1.29, 1.82) is 0 Å². The highest BCUT2D eigenvalue weighted by molar-refractivity contribution is 5.80. The van der Waals surface area contributed by atoms with Crippen molar-refractivity contribution in [3.05, 3.63) is 48.9 Å². The molecule has 0 spiro atoms. The number of alkyl halides is 1. The molecule has 0 saturated carbocycles. The molecular formula is C12H11F2N. The SMILES string of the molecule is C=C[C@@H](F)Cn1ccc2cc(F)ccc21. The summed E-state index contributed by atoms with van der Waals surface area (Å²) in [5, 5.41) is 0.784. The van der Waals surface area contributed by atoms with Gasteiger partial charge in [0.1, 0.15) is 12.0 Å². The predicted octanol–water partition coefficient (Wildman–Crippen LogP) is 3.30. The van der Waals surface area contributed by atoms with E-state index in [-0.39, 0.29) is 12.4 Å². The van der Waals surface area contributed by atoms with Gasteiger partial charge in [-0.25, -0.2) is 8.78 Å². The summed E-state index contributed by atoms with van der Waals surface area (Å²) < 4.78 is 27.7. The number of aromatic nitrogens is 1. The second-order valence-electron chi connectivity index (χ2n) is 3.42. The van der Waals surface area contributed by atoms with Crippen LogP contribution >= 0.6 is 0 Å². The summed E-state index contributed by atoms with van der Waals surface area (Å²) in [5.74, 6) is -0.277. The molecule has 2 aromatic rings. The van der Waals surface area contributed by atoms with Crippen molar-refractivity contribution in [1.82, 2.24) is 4.57 Å². The smallest absolute Gasteiger partial charge is 0.136 e. The van der Waals surface area contributed by atoms with Crippen LogP contribution in [0, 0.1) is 5.82 Å². The molecular weight excluding hydrogens is 196 g/mol. The Bertz CT molecular complexity index is 487.